The molecule has 4 rings (SSSR count). The Morgan fingerprint density at radius 3 is 2.23 bits per heavy atom. The SMILES string of the molecule is Cc1ccc(NC2=C(c3ccc(Cl)cc3)C(=O)N(Cc3ccc(F)cc3)C2=O)cc1Cl. The normalized spacial score (nSPS) is 13.9. The van der Waals surface area contributed by atoms with Crippen LogP contribution in [0.3, 0.4) is 0 Å². The van der Waals surface area contributed by atoms with E-state index in [4.69, 9.17) is 23.2 Å². The molecule has 1 heterocycles. The lowest BCUT2D eigenvalue weighted by Gasteiger charge is -2.15. The summed E-state index contributed by atoms with van der Waals surface area (Å²) in [5, 5.41) is 4.13. The zero-order valence-corrected chi connectivity index (χ0v) is 18.0. The molecule has 1 N–H and O–H groups in total. The van der Waals surface area contributed by atoms with Crippen LogP contribution in [0.15, 0.2) is 72.4 Å². The van der Waals surface area contributed by atoms with Gasteiger partial charge in [0, 0.05) is 15.7 Å². The molecule has 0 fully saturated rings. The van der Waals surface area contributed by atoms with Gasteiger partial charge in [-0.2, -0.15) is 0 Å². The van der Waals surface area contributed by atoms with Crippen LogP contribution in [-0.4, -0.2) is 16.7 Å². The van der Waals surface area contributed by atoms with E-state index in [1.54, 1.807) is 48.5 Å². The van der Waals surface area contributed by atoms with Crippen molar-refractivity contribution >= 4 is 46.3 Å². The van der Waals surface area contributed by atoms with E-state index < -0.39 is 11.8 Å². The van der Waals surface area contributed by atoms with Gasteiger partial charge in [-0.15, -0.1) is 0 Å². The molecular weight excluding hydrogens is 438 g/mol. The summed E-state index contributed by atoms with van der Waals surface area (Å²) in [4.78, 5) is 27.6. The van der Waals surface area contributed by atoms with E-state index in [0.29, 0.717) is 26.9 Å². The summed E-state index contributed by atoms with van der Waals surface area (Å²) in [6, 6.07) is 17.7. The Morgan fingerprint density at radius 1 is 0.903 bits per heavy atom. The molecule has 0 aliphatic carbocycles. The summed E-state index contributed by atoms with van der Waals surface area (Å²) in [5.74, 6) is -1.31. The Hall–Kier alpha value is -3.15. The van der Waals surface area contributed by atoms with Crippen molar-refractivity contribution in [2.45, 2.75) is 13.5 Å². The number of aryl methyl sites for hydroxylation is 1. The summed E-state index contributed by atoms with van der Waals surface area (Å²) < 4.78 is 13.2. The molecule has 0 spiro atoms. The van der Waals surface area contributed by atoms with Crippen LogP contribution in [0.1, 0.15) is 16.7 Å². The number of amides is 2. The molecular formula is C24H17Cl2FN2O2. The van der Waals surface area contributed by atoms with Crippen molar-refractivity contribution in [1.82, 2.24) is 4.90 Å². The third kappa shape index (κ3) is 4.33. The third-order valence-electron chi connectivity index (χ3n) is 5.00. The fourth-order valence-electron chi connectivity index (χ4n) is 3.31. The van der Waals surface area contributed by atoms with Crippen LogP contribution in [0.25, 0.3) is 5.57 Å². The predicted molar refractivity (Wildman–Crippen MR) is 120 cm³/mol. The summed E-state index contributed by atoms with van der Waals surface area (Å²) in [6.45, 7) is 1.90. The maximum absolute atomic E-state index is 13.3. The third-order valence-corrected chi connectivity index (χ3v) is 5.66. The van der Waals surface area contributed by atoms with Crippen molar-refractivity contribution < 1.29 is 14.0 Å². The summed E-state index contributed by atoms with van der Waals surface area (Å²) in [5.41, 5.74) is 3.06. The first-order valence-corrected chi connectivity index (χ1v) is 10.2. The van der Waals surface area contributed by atoms with Crippen molar-refractivity contribution in [2.75, 3.05) is 5.32 Å². The van der Waals surface area contributed by atoms with Gasteiger partial charge in [0.15, 0.2) is 0 Å². The Bertz CT molecular complexity index is 1210. The number of nitrogens with zero attached hydrogens (tertiary/aromatic N) is 1. The highest BCUT2D eigenvalue weighted by Gasteiger charge is 2.39. The van der Waals surface area contributed by atoms with Crippen molar-refractivity contribution in [3.8, 4) is 0 Å². The maximum atomic E-state index is 13.3. The van der Waals surface area contributed by atoms with Crippen molar-refractivity contribution in [1.29, 1.82) is 0 Å². The first-order valence-electron chi connectivity index (χ1n) is 9.47. The molecule has 0 aromatic heterocycles. The number of carbonyl (C=O) groups is 2. The van der Waals surface area contributed by atoms with E-state index in [1.165, 1.54) is 12.1 Å². The van der Waals surface area contributed by atoms with Crippen LogP contribution >= 0.6 is 23.2 Å². The molecule has 0 bridgehead atoms. The molecule has 0 saturated heterocycles. The van der Waals surface area contributed by atoms with Gasteiger partial charge in [-0.25, -0.2) is 4.39 Å². The number of nitrogens with one attached hydrogen (secondary N) is 1. The zero-order chi connectivity index (χ0) is 22.1. The highest BCUT2D eigenvalue weighted by Crippen LogP contribution is 2.33. The molecule has 3 aromatic carbocycles. The number of halogens is 3. The first-order chi connectivity index (χ1) is 14.8. The lowest BCUT2D eigenvalue weighted by atomic mass is 10.0. The summed E-state index contributed by atoms with van der Waals surface area (Å²) >= 11 is 12.2. The smallest absolute Gasteiger partial charge is 0.278 e. The van der Waals surface area contributed by atoms with Gasteiger partial charge in [0.05, 0.1) is 12.1 Å². The minimum absolute atomic E-state index is 0.0227. The average molecular weight is 455 g/mol. The molecule has 2 amide bonds. The number of anilines is 1. The number of carbonyl (C=O) groups excluding carboxylic acids is 2. The number of rotatable bonds is 5. The van der Waals surface area contributed by atoms with Gasteiger partial charge in [-0.3, -0.25) is 14.5 Å². The van der Waals surface area contributed by atoms with Crippen molar-refractivity contribution in [3.63, 3.8) is 0 Å². The number of hydrogen-bond acceptors (Lipinski definition) is 3. The van der Waals surface area contributed by atoms with E-state index in [9.17, 15) is 14.0 Å². The zero-order valence-electron chi connectivity index (χ0n) is 16.5. The maximum Gasteiger partial charge on any atom is 0.278 e. The van der Waals surface area contributed by atoms with Gasteiger partial charge < -0.3 is 5.32 Å². The van der Waals surface area contributed by atoms with Crippen LogP contribution < -0.4 is 5.32 Å². The van der Waals surface area contributed by atoms with E-state index in [0.717, 1.165) is 10.5 Å². The fraction of sp³-hybridized carbons (Fsp3) is 0.0833. The monoisotopic (exact) mass is 454 g/mol. The topological polar surface area (TPSA) is 49.4 Å². The van der Waals surface area contributed by atoms with Crippen molar-refractivity contribution in [2.24, 2.45) is 0 Å². The summed E-state index contributed by atoms with van der Waals surface area (Å²) in [6.07, 6.45) is 0. The van der Waals surface area contributed by atoms with Crippen LogP contribution in [0.4, 0.5) is 10.1 Å². The molecule has 0 saturated carbocycles. The second-order valence-corrected chi connectivity index (χ2v) is 8.01. The lowest BCUT2D eigenvalue weighted by molar-refractivity contribution is -0.137. The highest BCUT2D eigenvalue weighted by atomic mass is 35.5. The first kappa shape index (κ1) is 21.1. The minimum atomic E-state index is -0.476. The fourth-order valence-corrected chi connectivity index (χ4v) is 3.61. The largest absolute Gasteiger partial charge is 0.350 e. The Morgan fingerprint density at radius 2 is 1.58 bits per heavy atom. The number of imide groups is 1. The second-order valence-electron chi connectivity index (χ2n) is 7.17. The Labute approximate surface area is 188 Å². The van der Waals surface area contributed by atoms with Crippen molar-refractivity contribution in [3.05, 3.63) is 105 Å². The molecule has 3 aromatic rings. The van der Waals surface area contributed by atoms with E-state index >= 15 is 0 Å². The van der Waals surface area contributed by atoms with Gasteiger partial charge in [-0.05, 0) is 60.0 Å². The summed E-state index contributed by atoms with van der Waals surface area (Å²) in [7, 11) is 0. The number of hydrogen-bond donors (Lipinski definition) is 1. The van der Waals surface area contributed by atoms with Gasteiger partial charge in [-0.1, -0.05) is 53.5 Å². The Kier molecular flexibility index (Phi) is 5.81. The lowest BCUT2D eigenvalue weighted by Crippen LogP contribution is -2.32. The van der Waals surface area contributed by atoms with Crippen LogP contribution in [0, 0.1) is 12.7 Å². The molecule has 4 nitrogen and oxygen atoms in total. The quantitative estimate of drug-likeness (QED) is 0.493. The van der Waals surface area contributed by atoms with Gasteiger partial charge in [0.1, 0.15) is 11.5 Å². The molecule has 1 aliphatic heterocycles. The van der Waals surface area contributed by atoms with E-state index in [2.05, 4.69) is 5.32 Å². The van der Waals surface area contributed by atoms with Gasteiger partial charge in [0.25, 0.3) is 11.8 Å². The van der Waals surface area contributed by atoms with E-state index in [-0.39, 0.29) is 23.6 Å². The van der Waals surface area contributed by atoms with Gasteiger partial charge >= 0.3 is 0 Å². The molecule has 7 heteroatoms. The van der Waals surface area contributed by atoms with Crippen LogP contribution in [0.2, 0.25) is 10.0 Å². The van der Waals surface area contributed by atoms with Crippen LogP contribution in [-0.2, 0) is 16.1 Å². The molecule has 0 radical (unpaired) electrons. The number of benzene rings is 3. The average Bonchev–Trinajstić information content (AvgIpc) is 2.97. The second kappa shape index (κ2) is 8.53. The van der Waals surface area contributed by atoms with E-state index in [1.807, 2.05) is 13.0 Å². The molecule has 31 heavy (non-hydrogen) atoms. The molecule has 0 atom stereocenters. The van der Waals surface area contributed by atoms with Crippen LogP contribution in [0.5, 0.6) is 0 Å². The minimum Gasteiger partial charge on any atom is -0.350 e. The Balaban J connectivity index is 1.74. The van der Waals surface area contributed by atoms with Gasteiger partial charge in [0.2, 0.25) is 0 Å². The predicted octanol–water partition coefficient (Wildman–Crippen LogP) is 5.83. The highest BCUT2D eigenvalue weighted by molar-refractivity contribution is 6.37. The molecule has 0 unspecified atom stereocenters. The molecule has 156 valence electrons. The standard InChI is InChI=1S/C24H17Cl2FN2O2/c1-14-2-11-19(12-20(14)26)28-22-21(16-5-7-17(25)8-6-16)23(30)29(24(22)31)13-15-3-9-18(27)10-4-15/h2-12,28H,13H2,1H3. The molecule has 1 aliphatic rings.